The predicted molar refractivity (Wildman–Crippen MR) is 78.2 cm³/mol. The van der Waals surface area contributed by atoms with Crippen molar-refractivity contribution < 1.29 is 8.63 Å². The van der Waals surface area contributed by atoms with Crippen LogP contribution < -0.4 is 5.32 Å². The molecular formula is C15H19NO2S. The van der Waals surface area contributed by atoms with Crippen molar-refractivity contribution >= 4 is 10.8 Å². The van der Waals surface area contributed by atoms with Gasteiger partial charge in [-0.1, -0.05) is 29.8 Å². The van der Waals surface area contributed by atoms with Gasteiger partial charge < -0.3 is 9.73 Å². The summed E-state index contributed by atoms with van der Waals surface area (Å²) in [6, 6.07) is 12.0. The second kappa shape index (κ2) is 6.68. The highest BCUT2D eigenvalue weighted by Crippen LogP contribution is 2.13. The van der Waals surface area contributed by atoms with Crippen LogP contribution in [0.3, 0.4) is 0 Å². The first-order valence-electron chi connectivity index (χ1n) is 6.30. The summed E-state index contributed by atoms with van der Waals surface area (Å²) in [5, 5.41) is 3.03. The van der Waals surface area contributed by atoms with Gasteiger partial charge in [-0.2, -0.15) is 0 Å². The summed E-state index contributed by atoms with van der Waals surface area (Å²) in [7, 11) is 0.938. The Morgan fingerprint density at radius 2 is 1.95 bits per heavy atom. The number of rotatable bonds is 6. The molecule has 3 nitrogen and oxygen atoms in total. The summed E-state index contributed by atoms with van der Waals surface area (Å²) in [6.07, 6.45) is 0. The summed E-state index contributed by atoms with van der Waals surface area (Å²) in [5.41, 5.74) is 2.31. The molecule has 102 valence electrons. The Morgan fingerprint density at radius 3 is 2.68 bits per heavy atom. The minimum atomic E-state index is -0.935. The molecule has 0 aliphatic heterocycles. The topological polar surface area (TPSA) is 42.2 Å². The number of hydrogen-bond acceptors (Lipinski definition) is 3. The smallest absolute Gasteiger partial charge is 0.117 e. The zero-order chi connectivity index (χ0) is 13.7. The average Bonchev–Trinajstić information content (AvgIpc) is 2.77. The van der Waals surface area contributed by atoms with E-state index in [4.69, 9.17) is 4.42 Å². The van der Waals surface area contributed by atoms with Crippen molar-refractivity contribution in [3.8, 4) is 0 Å². The molecule has 1 atom stereocenters. The molecule has 0 saturated carbocycles. The Balaban J connectivity index is 1.93. The minimum absolute atomic E-state index is 0.470. The molecule has 1 aromatic carbocycles. The molecule has 0 amide bonds. The lowest BCUT2D eigenvalue weighted by molar-refractivity contribution is 0.467. The molecule has 4 heteroatoms. The van der Waals surface area contributed by atoms with Crippen LogP contribution in [0.1, 0.15) is 22.6 Å². The summed E-state index contributed by atoms with van der Waals surface area (Å²) in [4.78, 5) is 0. The molecule has 0 radical (unpaired) electrons. The summed E-state index contributed by atoms with van der Waals surface area (Å²) < 4.78 is 17.7. The van der Waals surface area contributed by atoms with Gasteiger partial charge in [-0.25, -0.2) is 0 Å². The van der Waals surface area contributed by atoms with Crippen LogP contribution in [0.25, 0.3) is 0 Å². The summed E-state index contributed by atoms with van der Waals surface area (Å²) in [5.74, 6) is 2.71. The largest absolute Gasteiger partial charge is 0.464 e. The third kappa shape index (κ3) is 4.33. The van der Waals surface area contributed by atoms with Crippen LogP contribution in [-0.2, 0) is 28.9 Å². The Kier molecular flexibility index (Phi) is 4.93. The first-order valence-corrected chi connectivity index (χ1v) is 7.79. The van der Waals surface area contributed by atoms with Gasteiger partial charge in [0.05, 0.1) is 12.3 Å². The first-order chi connectivity index (χ1) is 9.17. The van der Waals surface area contributed by atoms with Crippen LogP contribution in [0.2, 0.25) is 0 Å². The van der Waals surface area contributed by atoms with Gasteiger partial charge >= 0.3 is 0 Å². The zero-order valence-corrected chi connectivity index (χ0v) is 12.1. The SMILES string of the molecule is CNCc1ccc(CS(=O)Cc2cccc(C)c2)o1. The lowest BCUT2D eigenvalue weighted by Gasteiger charge is -2.02. The molecule has 0 saturated heterocycles. The molecule has 1 N–H and O–H groups in total. The fourth-order valence-electron chi connectivity index (χ4n) is 1.97. The molecule has 1 aromatic heterocycles. The predicted octanol–water partition coefficient (Wildman–Crippen LogP) is 2.76. The summed E-state index contributed by atoms with van der Waals surface area (Å²) in [6.45, 7) is 2.74. The molecule has 0 spiro atoms. The quantitative estimate of drug-likeness (QED) is 0.883. The number of hydrogen-bond donors (Lipinski definition) is 1. The molecule has 2 rings (SSSR count). The van der Waals surface area contributed by atoms with E-state index in [1.54, 1.807) is 0 Å². The van der Waals surface area contributed by atoms with Gasteiger partial charge in [-0.3, -0.25) is 4.21 Å². The molecular weight excluding hydrogens is 258 g/mol. The van der Waals surface area contributed by atoms with Gasteiger partial charge in [0.2, 0.25) is 0 Å². The third-order valence-electron chi connectivity index (χ3n) is 2.78. The van der Waals surface area contributed by atoms with Gasteiger partial charge in [0, 0.05) is 16.6 Å². The van der Waals surface area contributed by atoms with Crippen molar-refractivity contribution in [2.45, 2.75) is 25.0 Å². The van der Waals surface area contributed by atoms with Crippen LogP contribution in [0, 0.1) is 6.92 Å². The van der Waals surface area contributed by atoms with Crippen molar-refractivity contribution in [1.29, 1.82) is 0 Å². The van der Waals surface area contributed by atoms with Crippen LogP contribution in [0.5, 0.6) is 0 Å². The number of furan rings is 1. The maximum atomic E-state index is 12.1. The number of nitrogens with one attached hydrogen (secondary N) is 1. The van der Waals surface area contributed by atoms with Crippen molar-refractivity contribution in [3.63, 3.8) is 0 Å². The Labute approximate surface area is 116 Å². The second-order valence-corrected chi connectivity index (χ2v) is 6.07. The Hall–Kier alpha value is -1.39. The van der Waals surface area contributed by atoms with E-state index in [0.29, 0.717) is 18.1 Å². The van der Waals surface area contributed by atoms with Crippen LogP contribution in [0.4, 0.5) is 0 Å². The molecule has 0 aliphatic carbocycles. The normalized spacial score (nSPS) is 12.5. The van der Waals surface area contributed by atoms with Crippen molar-refractivity contribution in [2.24, 2.45) is 0 Å². The zero-order valence-electron chi connectivity index (χ0n) is 11.3. The Morgan fingerprint density at radius 1 is 1.16 bits per heavy atom. The molecule has 0 bridgehead atoms. The third-order valence-corrected chi connectivity index (χ3v) is 4.04. The van der Waals surface area contributed by atoms with E-state index in [-0.39, 0.29) is 0 Å². The fourth-order valence-corrected chi connectivity index (χ4v) is 3.09. The fraction of sp³-hybridized carbons (Fsp3) is 0.333. The maximum absolute atomic E-state index is 12.1. The van der Waals surface area contributed by atoms with Crippen molar-refractivity contribution in [2.75, 3.05) is 7.05 Å². The molecule has 19 heavy (non-hydrogen) atoms. The standard InChI is InChI=1S/C15H19NO2S/c1-12-4-3-5-13(8-12)10-19(17)11-15-7-6-14(18-15)9-16-2/h3-8,16H,9-11H2,1-2H3. The highest BCUT2D eigenvalue weighted by atomic mass is 32.2. The minimum Gasteiger partial charge on any atom is -0.464 e. The maximum Gasteiger partial charge on any atom is 0.117 e. The van der Waals surface area contributed by atoms with Crippen molar-refractivity contribution in [1.82, 2.24) is 5.32 Å². The van der Waals surface area contributed by atoms with Crippen LogP contribution >= 0.6 is 0 Å². The molecule has 2 aromatic rings. The van der Waals surface area contributed by atoms with Gasteiger partial charge in [-0.15, -0.1) is 0 Å². The van der Waals surface area contributed by atoms with E-state index in [1.807, 2.05) is 44.3 Å². The van der Waals surface area contributed by atoms with Gasteiger partial charge in [-0.05, 0) is 31.7 Å². The lowest BCUT2D eigenvalue weighted by atomic mass is 10.2. The van der Waals surface area contributed by atoms with E-state index in [0.717, 1.165) is 17.1 Å². The molecule has 0 aliphatic rings. The van der Waals surface area contributed by atoms with Gasteiger partial charge in [0.1, 0.15) is 11.5 Å². The van der Waals surface area contributed by atoms with Crippen LogP contribution in [0.15, 0.2) is 40.8 Å². The average molecular weight is 277 g/mol. The molecule has 1 unspecified atom stereocenters. The second-order valence-electron chi connectivity index (χ2n) is 4.62. The molecule has 0 fully saturated rings. The monoisotopic (exact) mass is 277 g/mol. The van der Waals surface area contributed by atoms with Crippen LogP contribution in [-0.4, -0.2) is 11.3 Å². The van der Waals surface area contributed by atoms with E-state index >= 15 is 0 Å². The molecule has 1 heterocycles. The summed E-state index contributed by atoms with van der Waals surface area (Å²) >= 11 is 0. The van der Waals surface area contributed by atoms with E-state index in [1.165, 1.54) is 5.56 Å². The first kappa shape index (κ1) is 14.0. The van der Waals surface area contributed by atoms with Crippen molar-refractivity contribution in [3.05, 3.63) is 59.0 Å². The number of benzene rings is 1. The van der Waals surface area contributed by atoms with E-state index in [2.05, 4.69) is 11.4 Å². The Bertz CT molecular complexity index is 563. The lowest BCUT2D eigenvalue weighted by Crippen LogP contribution is -2.03. The van der Waals surface area contributed by atoms with E-state index < -0.39 is 10.8 Å². The van der Waals surface area contributed by atoms with Gasteiger partial charge in [0.15, 0.2) is 0 Å². The van der Waals surface area contributed by atoms with E-state index in [9.17, 15) is 4.21 Å². The highest BCUT2D eigenvalue weighted by molar-refractivity contribution is 7.83. The number of aryl methyl sites for hydroxylation is 1. The highest BCUT2D eigenvalue weighted by Gasteiger charge is 2.07. The van der Waals surface area contributed by atoms with Gasteiger partial charge in [0.25, 0.3) is 0 Å².